The molecule has 1 saturated heterocycles. The first kappa shape index (κ1) is 13.1. The molecule has 3 heteroatoms. The molecule has 106 valence electrons. The molecule has 21 heavy (non-hydrogen) atoms. The third-order valence-corrected chi connectivity index (χ3v) is 5.17. The first-order chi connectivity index (χ1) is 10.2. The molecule has 0 N–H and O–H groups in total. The van der Waals surface area contributed by atoms with Crippen LogP contribution in [0.3, 0.4) is 0 Å². The van der Waals surface area contributed by atoms with Gasteiger partial charge in [-0.1, -0.05) is 35.9 Å². The van der Waals surface area contributed by atoms with E-state index in [0.717, 1.165) is 42.9 Å². The van der Waals surface area contributed by atoms with Crippen molar-refractivity contribution < 1.29 is 4.79 Å². The SMILES string of the molecule is O=Cc1ccc2c(c1)CN1CCC2(c2ccc(Cl)cc2)C1. The van der Waals surface area contributed by atoms with Crippen LogP contribution in [-0.2, 0) is 12.0 Å². The second kappa shape index (κ2) is 4.69. The van der Waals surface area contributed by atoms with Gasteiger partial charge in [-0.05, 0) is 47.9 Å². The lowest BCUT2D eigenvalue weighted by atomic mass is 9.71. The highest BCUT2D eigenvalue weighted by atomic mass is 35.5. The maximum absolute atomic E-state index is 11.0. The molecule has 0 spiro atoms. The Bertz CT molecular complexity index is 710. The molecular formula is C18H16ClNO. The van der Waals surface area contributed by atoms with Crippen LogP contribution in [0.5, 0.6) is 0 Å². The van der Waals surface area contributed by atoms with E-state index in [-0.39, 0.29) is 5.41 Å². The van der Waals surface area contributed by atoms with E-state index < -0.39 is 0 Å². The van der Waals surface area contributed by atoms with E-state index in [1.807, 2.05) is 24.3 Å². The average Bonchev–Trinajstić information content (AvgIpc) is 2.86. The van der Waals surface area contributed by atoms with Gasteiger partial charge in [-0.2, -0.15) is 0 Å². The summed E-state index contributed by atoms with van der Waals surface area (Å²) in [5, 5.41) is 0.775. The smallest absolute Gasteiger partial charge is 0.150 e. The van der Waals surface area contributed by atoms with Gasteiger partial charge in [0.2, 0.25) is 0 Å². The summed E-state index contributed by atoms with van der Waals surface area (Å²) in [6, 6.07) is 14.4. The molecule has 0 saturated carbocycles. The van der Waals surface area contributed by atoms with Crippen LogP contribution in [0, 0.1) is 0 Å². The largest absolute Gasteiger partial charge is 0.298 e. The molecule has 0 aromatic heterocycles. The van der Waals surface area contributed by atoms with E-state index in [0.29, 0.717) is 0 Å². The predicted octanol–water partition coefficient (Wildman–Crippen LogP) is 3.66. The maximum Gasteiger partial charge on any atom is 0.150 e. The van der Waals surface area contributed by atoms with E-state index in [1.54, 1.807) is 0 Å². The van der Waals surface area contributed by atoms with Gasteiger partial charge in [0.15, 0.2) is 0 Å². The zero-order valence-electron chi connectivity index (χ0n) is 11.7. The maximum atomic E-state index is 11.0. The molecule has 2 aromatic carbocycles. The van der Waals surface area contributed by atoms with Crippen LogP contribution < -0.4 is 0 Å². The third kappa shape index (κ3) is 1.94. The van der Waals surface area contributed by atoms with Crippen LogP contribution in [0.15, 0.2) is 42.5 Å². The van der Waals surface area contributed by atoms with Crippen molar-refractivity contribution in [2.24, 2.45) is 0 Å². The number of nitrogens with zero attached hydrogens (tertiary/aromatic N) is 1. The zero-order valence-corrected chi connectivity index (χ0v) is 12.4. The minimum atomic E-state index is 0.0551. The number of carbonyl (C=O) groups excluding carboxylic acids is 1. The molecule has 2 unspecified atom stereocenters. The molecule has 1 fully saturated rings. The summed E-state index contributed by atoms with van der Waals surface area (Å²) in [6.45, 7) is 3.11. The quantitative estimate of drug-likeness (QED) is 0.789. The van der Waals surface area contributed by atoms with Gasteiger partial charge in [-0.3, -0.25) is 9.69 Å². The fourth-order valence-electron chi connectivity index (χ4n) is 3.93. The highest BCUT2D eigenvalue weighted by molar-refractivity contribution is 6.30. The van der Waals surface area contributed by atoms with Crippen LogP contribution in [0.4, 0.5) is 0 Å². The highest BCUT2D eigenvalue weighted by Crippen LogP contribution is 2.46. The average molecular weight is 298 g/mol. The summed E-state index contributed by atoms with van der Waals surface area (Å²) in [7, 11) is 0. The minimum Gasteiger partial charge on any atom is -0.298 e. The summed E-state index contributed by atoms with van der Waals surface area (Å²) in [5.74, 6) is 0. The van der Waals surface area contributed by atoms with E-state index in [4.69, 9.17) is 11.6 Å². The van der Waals surface area contributed by atoms with Crippen molar-refractivity contribution in [3.05, 3.63) is 69.7 Å². The van der Waals surface area contributed by atoms with E-state index in [9.17, 15) is 4.79 Å². The lowest BCUT2D eigenvalue weighted by molar-refractivity contribution is 0.112. The molecule has 0 aliphatic carbocycles. The second-order valence-corrected chi connectivity index (χ2v) is 6.52. The summed E-state index contributed by atoms with van der Waals surface area (Å²) in [4.78, 5) is 13.5. The number of halogens is 1. The number of benzene rings is 2. The van der Waals surface area contributed by atoms with Gasteiger partial charge in [0.05, 0.1) is 0 Å². The normalized spacial score (nSPS) is 26.4. The Morgan fingerprint density at radius 3 is 2.71 bits per heavy atom. The Labute approximate surface area is 129 Å². The van der Waals surface area contributed by atoms with E-state index in [2.05, 4.69) is 23.1 Å². The summed E-state index contributed by atoms with van der Waals surface area (Å²) >= 11 is 6.04. The van der Waals surface area contributed by atoms with Gasteiger partial charge in [0.1, 0.15) is 6.29 Å². The Hall–Kier alpha value is -1.64. The van der Waals surface area contributed by atoms with Gasteiger partial charge in [-0.25, -0.2) is 0 Å². The van der Waals surface area contributed by atoms with Crippen LogP contribution in [0.25, 0.3) is 0 Å². The molecule has 2 atom stereocenters. The molecule has 4 rings (SSSR count). The number of carbonyl (C=O) groups is 1. The van der Waals surface area contributed by atoms with Crippen LogP contribution >= 0.6 is 11.6 Å². The Balaban J connectivity index is 1.90. The van der Waals surface area contributed by atoms with Gasteiger partial charge in [0.25, 0.3) is 0 Å². The van der Waals surface area contributed by atoms with Crippen molar-refractivity contribution in [1.82, 2.24) is 4.90 Å². The predicted molar refractivity (Wildman–Crippen MR) is 84.0 cm³/mol. The molecule has 2 aromatic rings. The Kier molecular flexibility index (Phi) is 2.91. The van der Waals surface area contributed by atoms with Crippen molar-refractivity contribution in [2.75, 3.05) is 13.1 Å². The van der Waals surface area contributed by atoms with Gasteiger partial charge in [0, 0.05) is 29.1 Å². The monoisotopic (exact) mass is 297 g/mol. The Morgan fingerprint density at radius 2 is 1.95 bits per heavy atom. The number of hydrogen-bond acceptors (Lipinski definition) is 2. The van der Waals surface area contributed by atoms with Gasteiger partial charge in [-0.15, -0.1) is 0 Å². The molecule has 0 amide bonds. The fourth-order valence-corrected chi connectivity index (χ4v) is 4.06. The third-order valence-electron chi connectivity index (χ3n) is 4.92. The second-order valence-electron chi connectivity index (χ2n) is 6.08. The van der Waals surface area contributed by atoms with Crippen LogP contribution in [0.2, 0.25) is 5.02 Å². The van der Waals surface area contributed by atoms with Crippen molar-refractivity contribution in [3.8, 4) is 0 Å². The summed E-state index contributed by atoms with van der Waals surface area (Å²) in [6.07, 6.45) is 2.06. The topological polar surface area (TPSA) is 20.3 Å². The lowest BCUT2D eigenvalue weighted by Gasteiger charge is -2.37. The molecule has 2 heterocycles. The van der Waals surface area contributed by atoms with Gasteiger partial charge >= 0.3 is 0 Å². The summed E-state index contributed by atoms with van der Waals surface area (Å²) in [5.41, 5.74) is 4.82. The number of aldehydes is 1. The van der Waals surface area contributed by atoms with E-state index in [1.165, 1.54) is 16.7 Å². The van der Waals surface area contributed by atoms with Crippen molar-refractivity contribution in [1.29, 1.82) is 0 Å². The molecule has 0 radical (unpaired) electrons. The number of hydrogen-bond donors (Lipinski definition) is 0. The minimum absolute atomic E-state index is 0.0551. The van der Waals surface area contributed by atoms with E-state index >= 15 is 0 Å². The van der Waals surface area contributed by atoms with Crippen molar-refractivity contribution >= 4 is 17.9 Å². The zero-order chi connectivity index (χ0) is 14.4. The molecule has 2 nitrogen and oxygen atoms in total. The van der Waals surface area contributed by atoms with Crippen molar-refractivity contribution in [3.63, 3.8) is 0 Å². The number of rotatable bonds is 2. The Morgan fingerprint density at radius 1 is 1.14 bits per heavy atom. The fraction of sp³-hybridized carbons (Fsp3) is 0.278. The standard InChI is InChI=1S/C18H16ClNO/c19-16-4-2-15(3-5-16)18-7-8-20(12-18)10-14-9-13(11-21)1-6-17(14)18/h1-6,9,11H,7-8,10,12H2. The van der Waals surface area contributed by atoms with Crippen LogP contribution in [0.1, 0.15) is 33.5 Å². The molecular weight excluding hydrogens is 282 g/mol. The van der Waals surface area contributed by atoms with Gasteiger partial charge < -0.3 is 0 Å². The molecule has 2 aliphatic heterocycles. The summed E-state index contributed by atoms with van der Waals surface area (Å²) < 4.78 is 0. The highest BCUT2D eigenvalue weighted by Gasteiger charge is 2.45. The number of fused-ring (bicyclic) bond motifs is 4. The lowest BCUT2D eigenvalue weighted by Crippen LogP contribution is -2.37. The first-order valence-corrected chi connectivity index (χ1v) is 7.66. The first-order valence-electron chi connectivity index (χ1n) is 7.28. The molecule has 2 aliphatic rings. The van der Waals surface area contributed by atoms with Crippen LogP contribution in [-0.4, -0.2) is 24.3 Å². The molecule has 2 bridgehead atoms. The van der Waals surface area contributed by atoms with Crippen molar-refractivity contribution in [2.45, 2.75) is 18.4 Å².